The zero-order chi connectivity index (χ0) is 9.23. The van der Waals surface area contributed by atoms with Gasteiger partial charge in [-0.3, -0.25) is 0 Å². The number of hydrogen-bond donors (Lipinski definition) is 0. The Labute approximate surface area is 77.4 Å². The van der Waals surface area contributed by atoms with E-state index in [0.29, 0.717) is 0 Å². The summed E-state index contributed by atoms with van der Waals surface area (Å²) < 4.78 is 0. The molecule has 0 saturated carbocycles. The van der Waals surface area contributed by atoms with Crippen molar-refractivity contribution in [2.75, 3.05) is 0 Å². The minimum absolute atomic E-state index is 0.764. The standard InChI is InChI=1S/C12H22/c1-4-6-7-8-9-11-12(3)10-5-2/h5,8-9,12H,2,4,6-7,10-11H2,1,3H3. The Bertz CT molecular complexity index is 122. The largest absolute Gasteiger partial charge is 0.103 e. The first-order valence-corrected chi connectivity index (χ1v) is 5.07. The molecule has 1 unspecified atom stereocenters. The second-order valence-corrected chi connectivity index (χ2v) is 3.48. The van der Waals surface area contributed by atoms with Crippen LogP contribution in [-0.2, 0) is 0 Å². The van der Waals surface area contributed by atoms with Crippen molar-refractivity contribution in [3.63, 3.8) is 0 Å². The molecule has 0 aromatic carbocycles. The molecule has 0 N–H and O–H groups in total. The monoisotopic (exact) mass is 166 g/mol. The van der Waals surface area contributed by atoms with Crippen LogP contribution in [0.5, 0.6) is 0 Å². The van der Waals surface area contributed by atoms with Gasteiger partial charge in [0.15, 0.2) is 0 Å². The fraction of sp³-hybridized carbons (Fsp3) is 0.667. The summed E-state index contributed by atoms with van der Waals surface area (Å²) in [6.07, 6.45) is 12.8. The zero-order valence-corrected chi connectivity index (χ0v) is 8.55. The van der Waals surface area contributed by atoms with Gasteiger partial charge in [0.1, 0.15) is 0 Å². The minimum Gasteiger partial charge on any atom is -0.103 e. The summed E-state index contributed by atoms with van der Waals surface area (Å²) in [5, 5.41) is 0. The van der Waals surface area contributed by atoms with Gasteiger partial charge in [0.05, 0.1) is 0 Å². The van der Waals surface area contributed by atoms with E-state index in [0.717, 1.165) is 12.3 Å². The van der Waals surface area contributed by atoms with Crippen LogP contribution in [0.25, 0.3) is 0 Å². The highest BCUT2D eigenvalue weighted by Crippen LogP contribution is 2.08. The molecule has 0 heterocycles. The molecule has 0 amide bonds. The molecule has 0 radical (unpaired) electrons. The van der Waals surface area contributed by atoms with Gasteiger partial charge in [-0.05, 0) is 25.2 Å². The molecule has 70 valence electrons. The maximum absolute atomic E-state index is 3.73. The average molecular weight is 166 g/mol. The molecule has 0 nitrogen and oxygen atoms in total. The SMILES string of the molecule is C=CCC(C)CC=CCCCC. The van der Waals surface area contributed by atoms with E-state index < -0.39 is 0 Å². The van der Waals surface area contributed by atoms with E-state index in [1.165, 1.54) is 25.7 Å². The lowest BCUT2D eigenvalue weighted by molar-refractivity contribution is 0.602. The second kappa shape index (κ2) is 8.58. The molecule has 0 aliphatic carbocycles. The molecular formula is C12H22. The zero-order valence-electron chi connectivity index (χ0n) is 8.55. The van der Waals surface area contributed by atoms with Gasteiger partial charge in [-0.2, -0.15) is 0 Å². The van der Waals surface area contributed by atoms with Crippen molar-refractivity contribution in [3.8, 4) is 0 Å². The molecule has 0 spiro atoms. The topological polar surface area (TPSA) is 0 Å². The third kappa shape index (κ3) is 7.59. The van der Waals surface area contributed by atoms with Crippen LogP contribution in [0.1, 0.15) is 46.0 Å². The molecule has 0 bridgehead atoms. The van der Waals surface area contributed by atoms with E-state index in [1.807, 2.05) is 6.08 Å². The highest BCUT2D eigenvalue weighted by atomic mass is 14.0. The Balaban J connectivity index is 3.26. The summed E-state index contributed by atoms with van der Waals surface area (Å²) in [5.41, 5.74) is 0. The van der Waals surface area contributed by atoms with E-state index in [-0.39, 0.29) is 0 Å². The molecule has 0 aliphatic rings. The quantitative estimate of drug-likeness (QED) is 0.390. The van der Waals surface area contributed by atoms with Gasteiger partial charge in [0.25, 0.3) is 0 Å². The van der Waals surface area contributed by atoms with Crippen molar-refractivity contribution >= 4 is 0 Å². The lowest BCUT2D eigenvalue weighted by Gasteiger charge is -2.02. The van der Waals surface area contributed by atoms with Crippen molar-refractivity contribution in [1.82, 2.24) is 0 Å². The first kappa shape index (κ1) is 11.5. The fourth-order valence-electron chi connectivity index (χ4n) is 1.15. The Morgan fingerprint density at radius 1 is 1.25 bits per heavy atom. The van der Waals surface area contributed by atoms with E-state index in [4.69, 9.17) is 0 Å². The van der Waals surface area contributed by atoms with Crippen LogP contribution in [0, 0.1) is 5.92 Å². The Kier molecular flexibility index (Phi) is 8.20. The van der Waals surface area contributed by atoms with Crippen LogP contribution in [0.3, 0.4) is 0 Å². The van der Waals surface area contributed by atoms with E-state index in [2.05, 4.69) is 32.6 Å². The number of hydrogen-bond acceptors (Lipinski definition) is 0. The van der Waals surface area contributed by atoms with Crippen LogP contribution in [-0.4, -0.2) is 0 Å². The van der Waals surface area contributed by atoms with Gasteiger partial charge in [-0.15, -0.1) is 6.58 Å². The lowest BCUT2D eigenvalue weighted by Crippen LogP contribution is -1.88. The molecule has 0 aromatic heterocycles. The maximum Gasteiger partial charge on any atom is -0.0322 e. The molecule has 12 heavy (non-hydrogen) atoms. The third-order valence-corrected chi connectivity index (χ3v) is 2.00. The van der Waals surface area contributed by atoms with E-state index >= 15 is 0 Å². The molecular weight excluding hydrogens is 144 g/mol. The van der Waals surface area contributed by atoms with Crippen LogP contribution >= 0.6 is 0 Å². The van der Waals surface area contributed by atoms with Gasteiger partial charge in [0, 0.05) is 0 Å². The van der Waals surface area contributed by atoms with Crippen molar-refractivity contribution in [1.29, 1.82) is 0 Å². The van der Waals surface area contributed by atoms with Crippen molar-refractivity contribution < 1.29 is 0 Å². The Morgan fingerprint density at radius 3 is 2.58 bits per heavy atom. The summed E-state index contributed by atoms with van der Waals surface area (Å²) in [7, 11) is 0. The molecule has 0 saturated heterocycles. The molecule has 0 rings (SSSR count). The number of allylic oxidation sites excluding steroid dienone is 3. The van der Waals surface area contributed by atoms with Crippen LogP contribution < -0.4 is 0 Å². The van der Waals surface area contributed by atoms with Crippen molar-refractivity contribution in [2.45, 2.75) is 46.0 Å². The first-order chi connectivity index (χ1) is 5.81. The van der Waals surface area contributed by atoms with Crippen LogP contribution in [0.2, 0.25) is 0 Å². The lowest BCUT2D eigenvalue weighted by atomic mass is 10.0. The molecule has 0 aromatic rings. The summed E-state index contributed by atoms with van der Waals surface area (Å²) in [6, 6.07) is 0. The van der Waals surface area contributed by atoms with Gasteiger partial charge < -0.3 is 0 Å². The van der Waals surface area contributed by atoms with Crippen LogP contribution in [0.4, 0.5) is 0 Å². The second-order valence-electron chi connectivity index (χ2n) is 3.48. The number of rotatable bonds is 7. The molecule has 0 aliphatic heterocycles. The molecule has 0 heteroatoms. The highest BCUT2D eigenvalue weighted by molar-refractivity contribution is 4.84. The maximum atomic E-state index is 3.73. The number of unbranched alkanes of at least 4 members (excludes halogenated alkanes) is 2. The minimum atomic E-state index is 0.764. The van der Waals surface area contributed by atoms with Crippen molar-refractivity contribution in [3.05, 3.63) is 24.8 Å². The van der Waals surface area contributed by atoms with Gasteiger partial charge in [0.2, 0.25) is 0 Å². The van der Waals surface area contributed by atoms with Crippen molar-refractivity contribution in [2.24, 2.45) is 5.92 Å². The van der Waals surface area contributed by atoms with Crippen LogP contribution in [0.15, 0.2) is 24.8 Å². The summed E-state index contributed by atoms with van der Waals surface area (Å²) in [4.78, 5) is 0. The Hall–Kier alpha value is -0.520. The molecule has 0 fully saturated rings. The third-order valence-electron chi connectivity index (χ3n) is 2.00. The molecule has 1 atom stereocenters. The van der Waals surface area contributed by atoms with E-state index in [1.54, 1.807) is 0 Å². The van der Waals surface area contributed by atoms with Gasteiger partial charge in [-0.1, -0.05) is 44.9 Å². The Morgan fingerprint density at radius 2 is 2.00 bits per heavy atom. The van der Waals surface area contributed by atoms with Gasteiger partial charge >= 0.3 is 0 Å². The summed E-state index contributed by atoms with van der Waals surface area (Å²) in [6.45, 7) is 8.23. The predicted molar refractivity (Wildman–Crippen MR) is 57.3 cm³/mol. The highest BCUT2D eigenvalue weighted by Gasteiger charge is 1.93. The fourth-order valence-corrected chi connectivity index (χ4v) is 1.15. The first-order valence-electron chi connectivity index (χ1n) is 5.07. The smallest absolute Gasteiger partial charge is 0.0322 e. The van der Waals surface area contributed by atoms with E-state index in [9.17, 15) is 0 Å². The summed E-state index contributed by atoms with van der Waals surface area (Å²) >= 11 is 0. The van der Waals surface area contributed by atoms with Gasteiger partial charge in [-0.25, -0.2) is 0 Å². The summed E-state index contributed by atoms with van der Waals surface area (Å²) in [5.74, 6) is 0.764. The predicted octanol–water partition coefficient (Wildman–Crippen LogP) is 4.34. The normalized spacial score (nSPS) is 13.5. The average Bonchev–Trinajstić information content (AvgIpc) is 2.05.